The van der Waals surface area contributed by atoms with E-state index in [9.17, 15) is 4.39 Å². The third-order valence-electron chi connectivity index (χ3n) is 2.68. The monoisotopic (exact) mass is 297 g/mol. The van der Waals surface area contributed by atoms with Gasteiger partial charge in [-0.25, -0.2) is 9.37 Å². The Kier molecular flexibility index (Phi) is 3.59. The Balaban J connectivity index is 2.23. The van der Waals surface area contributed by atoms with Crippen molar-refractivity contribution in [3.63, 3.8) is 0 Å². The highest BCUT2D eigenvalue weighted by Crippen LogP contribution is 2.22. The highest BCUT2D eigenvalue weighted by Gasteiger charge is 2.14. The third-order valence-corrected chi connectivity index (χ3v) is 3.17. The first-order valence-corrected chi connectivity index (χ1v) is 6.04. The van der Waals surface area contributed by atoms with Gasteiger partial charge in [0.15, 0.2) is 0 Å². The van der Waals surface area contributed by atoms with Crippen LogP contribution >= 0.6 is 15.9 Å². The summed E-state index contributed by atoms with van der Waals surface area (Å²) in [6.45, 7) is 0. The zero-order valence-electron chi connectivity index (χ0n) is 9.40. The Morgan fingerprint density at radius 3 is 2.94 bits per heavy atom. The Hall–Kier alpha value is -1.20. The van der Waals surface area contributed by atoms with Crippen LogP contribution in [-0.2, 0) is 13.5 Å². The van der Waals surface area contributed by atoms with Crippen LogP contribution in [0.25, 0.3) is 0 Å². The van der Waals surface area contributed by atoms with Crippen molar-refractivity contribution in [3.8, 4) is 0 Å². The van der Waals surface area contributed by atoms with Crippen molar-refractivity contribution in [3.05, 3.63) is 52.3 Å². The number of hydrogen-bond acceptors (Lipinski definition) is 2. The molecule has 0 aliphatic rings. The van der Waals surface area contributed by atoms with Crippen LogP contribution in [0.2, 0.25) is 0 Å². The van der Waals surface area contributed by atoms with Gasteiger partial charge in [-0.3, -0.25) is 0 Å². The number of aryl methyl sites for hydroxylation is 1. The smallest absolute Gasteiger partial charge is 0.128 e. The van der Waals surface area contributed by atoms with Crippen LogP contribution in [0.3, 0.4) is 0 Å². The number of rotatable bonds is 3. The molecule has 3 nitrogen and oxygen atoms in total. The molecule has 1 atom stereocenters. The zero-order valence-corrected chi connectivity index (χ0v) is 11.0. The second-order valence-corrected chi connectivity index (χ2v) is 4.85. The maximum Gasteiger partial charge on any atom is 0.128 e. The highest BCUT2D eigenvalue weighted by atomic mass is 79.9. The van der Waals surface area contributed by atoms with Gasteiger partial charge in [-0.05, 0) is 18.2 Å². The van der Waals surface area contributed by atoms with Crippen molar-refractivity contribution in [1.82, 2.24) is 9.55 Å². The van der Waals surface area contributed by atoms with Gasteiger partial charge in [0.05, 0.1) is 0 Å². The van der Waals surface area contributed by atoms with E-state index < -0.39 is 6.04 Å². The van der Waals surface area contributed by atoms with Gasteiger partial charge in [-0.1, -0.05) is 15.9 Å². The average molecular weight is 298 g/mol. The molecule has 90 valence electrons. The molecule has 0 aliphatic carbocycles. The van der Waals surface area contributed by atoms with E-state index in [0.717, 1.165) is 10.3 Å². The lowest BCUT2D eigenvalue weighted by Crippen LogP contribution is -2.17. The minimum Gasteiger partial charge on any atom is -0.338 e. The summed E-state index contributed by atoms with van der Waals surface area (Å²) < 4.78 is 16.3. The highest BCUT2D eigenvalue weighted by molar-refractivity contribution is 9.10. The molecular formula is C12H13BrFN3. The quantitative estimate of drug-likeness (QED) is 0.946. The minimum absolute atomic E-state index is 0.282. The summed E-state index contributed by atoms with van der Waals surface area (Å²) in [5.41, 5.74) is 6.51. The molecule has 0 radical (unpaired) electrons. The molecule has 1 aromatic heterocycles. The fraction of sp³-hybridized carbons (Fsp3) is 0.250. The molecule has 0 amide bonds. The predicted octanol–water partition coefficient (Wildman–Crippen LogP) is 2.56. The molecule has 0 bridgehead atoms. The second-order valence-electron chi connectivity index (χ2n) is 3.93. The molecule has 0 aliphatic heterocycles. The molecule has 17 heavy (non-hydrogen) atoms. The molecule has 0 spiro atoms. The zero-order chi connectivity index (χ0) is 12.4. The van der Waals surface area contributed by atoms with Crippen molar-refractivity contribution in [1.29, 1.82) is 0 Å². The van der Waals surface area contributed by atoms with Crippen LogP contribution < -0.4 is 5.73 Å². The number of benzene rings is 1. The SMILES string of the molecule is Cn1ccnc1CC(N)c1cc(Br)ccc1F. The van der Waals surface area contributed by atoms with Crippen LogP contribution in [-0.4, -0.2) is 9.55 Å². The molecule has 1 unspecified atom stereocenters. The lowest BCUT2D eigenvalue weighted by Gasteiger charge is -2.13. The molecular weight excluding hydrogens is 285 g/mol. The fourth-order valence-corrected chi connectivity index (χ4v) is 2.08. The summed E-state index contributed by atoms with van der Waals surface area (Å²) in [5, 5.41) is 0. The van der Waals surface area contributed by atoms with E-state index in [-0.39, 0.29) is 5.82 Å². The van der Waals surface area contributed by atoms with Gasteiger partial charge in [-0.15, -0.1) is 0 Å². The third kappa shape index (κ3) is 2.73. The first kappa shape index (κ1) is 12.3. The van der Waals surface area contributed by atoms with Crippen molar-refractivity contribution >= 4 is 15.9 Å². The molecule has 0 fully saturated rings. The Morgan fingerprint density at radius 1 is 1.53 bits per heavy atom. The van der Waals surface area contributed by atoms with E-state index in [4.69, 9.17) is 5.73 Å². The van der Waals surface area contributed by atoms with Crippen LogP contribution in [0, 0.1) is 5.82 Å². The van der Waals surface area contributed by atoms with E-state index >= 15 is 0 Å². The van der Waals surface area contributed by atoms with Gasteiger partial charge in [0.25, 0.3) is 0 Å². The minimum atomic E-state index is -0.395. The van der Waals surface area contributed by atoms with Crippen LogP contribution in [0.1, 0.15) is 17.4 Å². The van der Waals surface area contributed by atoms with Gasteiger partial charge < -0.3 is 10.3 Å². The molecule has 2 aromatic rings. The Labute approximate surface area is 108 Å². The number of aromatic nitrogens is 2. The van der Waals surface area contributed by atoms with Crippen molar-refractivity contribution in [2.45, 2.75) is 12.5 Å². The summed E-state index contributed by atoms with van der Waals surface area (Å²) in [6, 6.07) is 4.39. The summed E-state index contributed by atoms with van der Waals surface area (Å²) in [7, 11) is 1.90. The Bertz CT molecular complexity index is 524. The number of halogens is 2. The molecule has 0 saturated carbocycles. The van der Waals surface area contributed by atoms with E-state index in [1.165, 1.54) is 6.07 Å². The second kappa shape index (κ2) is 4.98. The molecule has 5 heteroatoms. The van der Waals surface area contributed by atoms with Gasteiger partial charge in [0.1, 0.15) is 11.6 Å². The van der Waals surface area contributed by atoms with E-state index in [1.54, 1.807) is 18.3 Å². The van der Waals surface area contributed by atoms with E-state index in [1.807, 2.05) is 17.8 Å². The first-order chi connectivity index (χ1) is 8.08. The predicted molar refractivity (Wildman–Crippen MR) is 67.9 cm³/mol. The molecule has 2 rings (SSSR count). The van der Waals surface area contributed by atoms with Crippen LogP contribution in [0.4, 0.5) is 4.39 Å². The van der Waals surface area contributed by atoms with Crippen molar-refractivity contribution < 1.29 is 4.39 Å². The van der Waals surface area contributed by atoms with Crippen molar-refractivity contribution in [2.75, 3.05) is 0 Å². The van der Waals surface area contributed by atoms with Gasteiger partial charge in [0.2, 0.25) is 0 Å². The molecule has 1 heterocycles. The normalized spacial score (nSPS) is 12.7. The maximum atomic E-state index is 13.6. The maximum absolute atomic E-state index is 13.6. The summed E-state index contributed by atoms with van der Waals surface area (Å²) in [4.78, 5) is 4.18. The topological polar surface area (TPSA) is 43.8 Å². The van der Waals surface area contributed by atoms with Gasteiger partial charge in [-0.2, -0.15) is 0 Å². The summed E-state index contributed by atoms with van der Waals surface area (Å²) >= 11 is 3.31. The van der Waals surface area contributed by atoms with Gasteiger partial charge >= 0.3 is 0 Å². The fourth-order valence-electron chi connectivity index (χ4n) is 1.70. The van der Waals surface area contributed by atoms with Crippen molar-refractivity contribution in [2.24, 2.45) is 12.8 Å². The first-order valence-electron chi connectivity index (χ1n) is 5.24. The standard InChI is InChI=1S/C12H13BrFN3/c1-17-5-4-16-12(17)7-11(15)9-6-8(13)2-3-10(9)14/h2-6,11H,7,15H2,1H3. The van der Waals surface area contributed by atoms with Crippen LogP contribution in [0.15, 0.2) is 35.1 Å². The number of imidazole rings is 1. The largest absolute Gasteiger partial charge is 0.338 e. The van der Waals surface area contributed by atoms with Crippen LogP contribution in [0.5, 0.6) is 0 Å². The van der Waals surface area contributed by atoms with Gasteiger partial charge in [0, 0.05) is 41.9 Å². The number of hydrogen-bond donors (Lipinski definition) is 1. The molecule has 0 saturated heterocycles. The lowest BCUT2D eigenvalue weighted by atomic mass is 10.0. The molecule has 1 aromatic carbocycles. The number of nitrogens with zero attached hydrogens (tertiary/aromatic N) is 2. The average Bonchev–Trinajstić information content (AvgIpc) is 2.68. The summed E-state index contributed by atoms with van der Waals surface area (Å²) in [5.74, 6) is 0.562. The van der Waals surface area contributed by atoms with E-state index in [2.05, 4.69) is 20.9 Å². The van der Waals surface area contributed by atoms with E-state index in [0.29, 0.717) is 12.0 Å². The summed E-state index contributed by atoms with van der Waals surface area (Å²) in [6.07, 6.45) is 4.06. The molecule has 2 N–H and O–H groups in total. The number of nitrogens with two attached hydrogens (primary N) is 1. The Morgan fingerprint density at radius 2 is 2.29 bits per heavy atom. The lowest BCUT2D eigenvalue weighted by molar-refractivity contribution is 0.570.